The maximum Gasteiger partial charge on any atom is 0.150 e. The molecular weight excluding hydrogens is 329 g/mol. The van der Waals surface area contributed by atoms with E-state index in [4.69, 9.17) is 0 Å². The standard InChI is InChI=1S/C9H6Br2FN3/c10-4-7-5-13-14-15(7)9-2-1-6(11)3-8(9)12/h1-3,5H,4H2. The number of benzene rings is 1. The Labute approximate surface area is 103 Å². The molecule has 0 aliphatic rings. The molecule has 0 aliphatic carbocycles. The predicted molar refractivity (Wildman–Crippen MR) is 61.6 cm³/mol. The number of nitrogens with zero attached hydrogens (tertiary/aromatic N) is 3. The molecule has 6 heteroatoms. The van der Waals surface area contributed by atoms with Crippen molar-refractivity contribution >= 4 is 31.9 Å². The van der Waals surface area contributed by atoms with Gasteiger partial charge >= 0.3 is 0 Å². The summed E-state index contributed by atoms with van der Waals surface area (Å²) in [6.07, 6.45) is 1.59. The molecule has 0 fully saturated rings. The molecule has 0 radical (unpaired) electrons. The summed E-state index contributed by atoms with van der Waals surface area (Å²) in [5, 5.41) is 8.15. The fraction of sp³-hybridized carbons (Fsp3) is 0.111. The Balaban J connectivity index is 2.54. The van der Waals surface area contributed by atoms with E-state index in [1.165, 1.54) is 10.7 Å². The second-order valence-electron chi connectivity index (χ2n) is 2.87. The van der Waals surface area contributed by atoms with Gasteiger partial charge in [-0.05, 0) is 18.2 Å². The predicted octanol–water partition coefficient (Wildman–Crippen LogP) is 3.06. The van der Waals surface area contributed by atoms with Gasteiger partial charge in [-0.15, -0.1) is 5.10 Å². The van der Waals surface area contributed by atoms with Gasteiger partial charge in [0.1, 0.15) is 11.5 Å². The third kappa shape index (κ3) is 2.10. The van der Waals surface area contributed by atoms with E-state index in [0.29, 0.717) is 15.5 Å². The quantitative estimate of drug-likeness (QED) is 0.790. The van der Waals surface area contributed by atoms with Crippen LogP contribution in [0.25, 0.3) is 5.69 Å². The van der Waals surface area contributed by atoms with Crippen LogP contribution in [0.3, 0.4) is 0 Å². The van der Waals surface area contributed by atoms with Crippen LogP contribution in [0.15, 0.2) is 28.9 Å². The van der Waals surface area contributed by atoms with E-state index in [9.17, 15) is 4.39 Å². The Kier molecular flexibility index (Phi) is 3.16. The molecule has 1 heterocycles. The van der Waals surface area contributed by atoms with E-state index in [2.05, 4.69) is 42.2 Å². The van der Waals surface area contributed by atoms with E-state index < -0.39 is 0 Å². The molecule has 2 aromatic rings. The van der Waals surface area contributed by atoms with Crippen LogP contribution in [0.4, 0.5) is 4.39 Å². The van der Waals surface area contributed by atoms with Gasteiger partial charge < -0.3 is 0 Å². The van der Waals surface area contributed by atoms with Gasteiger partial charge in [0.25, 0.3) is 0 Å². The Morgan fingerprint density at radius 2 is 2.20 bits per heavy atom. The first-order chi connectivity index (χ1) is 7.22. The fourth-order valence-corrected chi connectivity index (χ4v) is 1.92. The Hall–Kier alpha value is -0.750. The second-order valence-corrected chi connectivity index (χ2v) is 4.34. The molecule has 0 amide bonds. The van der Waals surface area contributed by atoms with Crippen LogP contribution < -0.4 is 0 Å². The van der Waals surface area contributed by atoms with Crippen molar-refractivity contribution in [1.29, 1.82) is 0 Å². The van der Waals surface area contributed by atoms with Gasteiger partial charge in [-0.1, -0.05) is 37.1 Å². The Morgan fingerprint density at radius 1 is 1.40 bits per heavy atom. The van der Waals surface area contributed by atoms with Crippen molar-refractivity contribution in [3.63, 3.8) is 0 Å². The molecule has 3 nitrogen and oxygen atoms in total. The van der Waals surface area contributed by atoms with Gasteiger partial charge in [-0.3, -0.25) is 0 Å². The SMILES string of the molecule is Fc1cc(Br)ccc1-n1nncc1CBr. The molecule has 2 rings (SSSR count). The van der Waals surface area contributed by atoms with Gasteiger partial charge in [0.05, 0.1) is 11.9 Å². The molecule has 0 saturated carbocycles. The lowest BCUT2D eigenvalue weighted by atomic mass is 10.3. The van der Waals surface area contributed by atoms with Crippen molar-refractivity contribution in [2.75, 3.05) is 0 Å². The van der Waals surface area contributed by atoms with Crippen LogP contribution in [-0.4, -0.2) is 15.0 Å². The van der Waals surface area contributed by atoms with Gasteiger partial charge in [0, 0.05) is 9.80 Å². The molecule has 0 N–H and O–H groups in total. The largest absolute Gasteiger partial charge is 0.214 e. The average Bonchev–Trinajstić information content (AvgIpc) is 2.65. The van der Waals surface area contributed by atoms with Crippen LogP contribution in [0, 0.1) is 5.82 Å². The molecule has 0 atom stereocenters. The number of halogens is 3. The summed E-state index contributed by atoms with van der Waals surface area (Å²) in [5.41, 5.74) is 1.20. The van der Waals surface area contributed by atoms with Crippen molar-refractivity contribution in [1.82, 2.24) is 15.0 Å². The summed E-state index contributed by atoms with van der Waals surface area (Å²) in [6.45, 7) is 0. The monoisotopic (exact) mass is 333 g/mol. The number of rotatable bonds is 2. The summed E-state index contributed by atoms with van der Waals surface area (Å²) in [5.74, 6) is -0.336. The zero-order valence-electron chi connectivity index (χ0n) is 7.49. The topological polar surface area (TPSA) is 30.7 Å². The highest BCUT2D eigenvalue weighted by Crippen LogP contribution is 2.19. The molecule has 0 saturated heterocycles. The zero-order valence-corrected chi connectivity index (χ0v) is 10.7. The lowest BCUT2D eigenvalue weighted by molar-refractivity contribution is 0.603. The number of hydrogen-bond donors (Lipinski definition) is 0. The molecule has 0 spiro atoms. The van der Waals surface area contributed by atoms with Gasteiger partial charge in [-0.25, -0.2) is 9.07 Å². The molecule has 0 aliphatic heterocycles. The highest BCUT2D eigenvalue weighted by atomic mass is 79.9. The summed E-state index contributed by atoms with van der Waals surface area (Å²) >= 11 is 6.49. The van der Waals surface area contributed by atoms with Crippen molar-refractivity contribution in [3.8, 4) is 5.69 Å². The summed E-state index contributed by atoms with van der Waals surface area (Å²) in [6, 6.07) is 4.81. The van der Waals surface area contributed by atoms with E-state index in [1.54, 1.807) is 18.3 Å². The fourth-order valence-electron chi connectivity index (χ4n) is 1.20. The highest BCUT2D eigenvalue weighted by molar-refractivity contribution is 9.10. The van der Waals surface area contributed by atoms with Crippen molar-refractivity contribution in [3.05, 3.63) is 40.4 Å². The number of alkyl halides is 1. The van der Waals surface area contributed by atoms with Crippen LogP contribution in [0.2, 0.25) is 0 Å². The van der Waals surface area contributed by atoms with Crippen LogP contribution >= 0.6 is 31.9 Å². The molecular formula is C9H6Br2FN3. The van der Waals surface area contributed by atoms with Gasteiger partial charge in [0.2, 0.25) is 0 Å². The van der Waals surface area contributed by atoms with Crippen molar-refractivity contribution in [2.45, 2.75) is 5.33 Å². The zero-order chi connectivity index (χ0) is 10.8. The summed E-state index contributed by atoms with van der Waals surface area (Å²) in [4.78, 5) is 0. The minimum Gasteiger partial charge on any atom is -0.214 e. The van der Waals surface area contributed by atoms with Gasteiger partial charge in [-0.2, -0.15) is 0 Å². The average molecular weight is 335 g/mol. The lowest BCUT2D eigenvalue weighted by Gasteiger charge is -2.05. The third-order valence-electron chi connectivity index (χ3n) is 1.89. The van der Waals surface area contributed by atoms with Crippen molar-refractivity contribution in [2.24, 2.45) is 0 Å². The minimum absolute atomic E-state index is 0.336. The van der Waals surface area contributed by atoms with Crippen LogP contribution in [0.1, 0.15) is 5.69 Å². The van der Waals surface area contributed by atoms with E-state index in [-0.39, 0.29) is 5.82 Å². The first-order valence-corrected chi connectivity index (χ1v) is 6.05. The first-order valence-electron chi connectivity index (χ1n) is 4.13. The van der Waals surface area contributed by atoms with Crippen LogP contribution in [-0.2, 0) is 5.33 Å². The lowest BCUT2D eigenvalue weighted by Crippen LogP contribution is -2.03. The van der Waals surface area contributed by atoms with Gasteiger partial charge in [0.15, 0.2) is 0 Å². The van der Waals surface area contributed by atoms with E-state index in [0.717, 1.165) is 5.69 Å². The number of hydrogen-bond acceptors (Lipinski definition) is 2. The minimum atomic E-state index is -0.336. The second kappa shape index (κ2) is 4.40. The maximum atomic E-state index is 13.6. The van der Waals surface area contributed by atoms with E-state index in [1.807, 2.05) is 0 Å². The molecule has 1 aromatic heterocycles. The molecule has 0 unspecified atom stereocenters. The highest BCUT2D eigenvalue weighted by Gasteiger charge is 2.09. The smallest absolute Gasteiger partial charge is 0.150 e. The molecule has 0 bridgehead atoms. The molecule has 15 heavy (non-hydrogen) atoms. The first kappa shape index (κ1) is 10.8. The normalized spacial score (nSPS) is 10.6. The number of aromatic nitrogens is 3. The van der Waals surface area contributed by atoms with E-state index >= 15 is 0 Å². The third-order valence-corrected chi connectivity index (χ3v) is 2.96. The summed E-state index contributed by atoms with van der Waals surface area (Å²) in [7, 11) is 0. The van der Waals surface area contributed by atoms with Crippen molar-refractivity contribution < 1.29 is 4.39 Å². The Bertz CT molecular complexity index is 484. The molecule has 78 valence electrons. The molecule has 1 aromatic carbocycles. The maximum absolute atomic E-state index is 13.6. The van der Waals surface area contributed by atoms with Crippen LogP contribution in [0.5, 0.6) is 0 Å². The Morgan fingerprint density at radius 3 is 2.87 bits per heavy atom. The summed E-state index contributed by atoms with van der Waals surface area (Å²) < 4.78 is 15.8.